The molecular weight excluding hydrogens is 498 g/mol. The number of pyridine rings is 1. The molecule has 11 heteroatoms. The molecule has 1 atom stereocenters. The number of anilines is 2. The molecule has 1 aliphatic heterocycles. The van der Waals surface area contributed by atoms with Gasteiger partial charge in [0, 0.05) is 45.7 Å². The predicted molar refractivity (Wildman–Crippen MR) is 140 cm³/mol. The molecule has 9 nitrogen and oxygen atoms in total. The Morgan fingerprint density at radius 3 is 2.28 bits per heavy atom. The minimum absolute atomic E-state index is 0.000506. The molecule has 3 saturated carbocycles. The van der Waals surface area contributed by atoms with E-state index in [1.54, 1.807) is 18.2 Å². The number of carbonyl (C=O) groups is 1. The van der Waals surface area contributed by atoms with Crippen molar-refractivity contribution in [1.29, 1.82) is 4.78 Å². The fourth-order valence-electron chi connectivity index (χ4n) is 5.27. The van der Waals surface area contributed by atoms with Crippen LogP contribution >= 0.6 is 0 Å². The van der Waals surface area contributed by atoms with Gasteiger partial charge in [-0.3, -0.25) is 9.57 Å². The van der Waals surface area contributed by atoms with Crippen LogP contribution in [0.3, 0.4) is 0 Å². The van der Waals surface area contributed by atoms with Crippen LogP contribution in [-0.2, 0) is 24.5 Å². The number of sulfonamides is 1. The van der Waals surface area contributed by atoms with Gasteiger partial charge in [-0.15, -0.1) is 0 Å². The third-order valence-electron chi connectivity index (χ3n) is 8.93. The van der Waals surface area contributed by atoms with Gasteiger partial charge in [0.1, 0.15) is 5.82 Å². The molecule has 4 fully saturated rings. The summed E-state index contributed by atoms with van der Waals surface area (Å²) >= 11 is 0. The summed E-state index contributed by atoms with van der Waals surface area (Å²) in [6, 6.07) is 6.93. The van der Waals surface area contributed by atoms with E-state index in [4.69, 9.17) is 4.78 Å². The highest BCUT2D eigenvalue weighted by Gasteiger charge is 2.74. The minimum atomic E-state index is -3.78. The van der Waals surface area contributed by atoms with Gasteiger partial charge in [0.2, 0.25) is 15.9 Å². The zero-order valence-electron chi connectivity index (χ0n) is 20.9. The molecule has 194 valence electrons. The molecule has 1 saturated heterocycles. The number of amides is 1. The third kappa shape index (κ3) is 3.99. The predicted octanol–water partition coefficient (Wildman–Crippen LogP) is 3.45. The molecule has 4 aliphatic rings. The van der Waals surface area contributed by atoms with Gasteiger partial charge < -0.3 is 10.2 Å². The molecule has 6 rings (SSSR count). The number of fused-ring (bicyclic) bond motifs is 2. The molecular formula is C25H33N5O4S2. The largest absolute Gasteiger partial charge is 0.371 e. The summed E-state index contributed by atoms with van der Waals surface area (Å²) in [6.45, 7) is 4.92. The van der Waals surface area contributed by atoms with E-state index < -0.39 is 30.0 Å². The standard InChI is InChI=1S/C25H33N5O4S2/c1-23(6-7-23)29-36(33,34)17-12-19-18(4-5-21(27-19)28-22(31)25-14-16(25)15-25)20(13-17)30-10-8-24(2,9-11-30)35(3,26)32/h4-5,12-13,16,26,29H,6-11,14-15H2,1-3H3,(H,27,28,31). The monoisotopic (exact) mass is 531 g/mol. The first kappa shape index (κ1) is 24.1. The second kappa shape index (κ2) is 7.41. The summed E-state index contributed by atoms with van der Waals surface area (Å²) in [6.07, 6.45) is 6.15. The van der Waals surface area contributed by atoms with Crippen molar-refractivity contribution in [2.24, 2.45) is 11.3 Å². The van der Waals surface area contributed by atoms with E-state index in [-0.39, 0.29) is 16.2 Å². The Labute approximate surface area is 212 Å². The maximum absolute atomic E-state index is 13.3. The van der Waals surface area contributed by atoms with Crippen molar-refractivity contribution in [2.75, 3.05) is 29.6 Å². The Balaban J connectivity index is 1.37. The van der Waals surface area contributed by atoms with Crippen molar-refractivity contribution in [1.82, 2.24) is 9.71 Å². The summed E-state index contributed by atoms with van der Waals surface area (Å²) in [7, 11) is -6.50. The molecule has 1 amide bonds. The molecule has 1 aromatic heterocycles. The summed E-state index contributed by atoms with van der Waals surface area (Å²) < 4.78 is 49.6. The van der Waals surface area contributed by atoms with E-state index in [1.807, 2.05) is 19.9 Å². The molecule has 0 bridgehead atoms. The minimum Gasteiger partial charge on any atom is -0.371 e. The van der Waals surface area contributed by atoms with Gasteiger partial charge in [-0.25, -0.2) is 22.3 Å². The maximum atomic E-state index is 13.3. The van der Waals surface area contributed by atoms with Crippen LogP contribution in [0.2, 0.25) is 0 Å². The SMILES string of the molecule is CC1(NS(=O)(=O)c2cc(N3CCC(C)(S(C)(=N)=O)CC3)c3ccc(NC(=O)C45CC4C5)nc3c2)CC1. The van der Waals surface area contributed by atoms with E-state index in [2.05, 4.69) is 19.9 Å². The van der Waals surface area contributed by atoms with E-state index >= 15 is 0 Å². The van der Waals surface area contributed by atoms with Crippen molar-refractivity contribution in [3.8, 4) is 0 Å². The lowest BCUT2D eigenvalue weighted by molar-refractivity contribution is -0.119. The number of carbonyl (C=O) groups excluding carboxylic acids is 1. The summed E-state index contributed by atoms with van der Waals surface area (Å²) in [5.74, 6) is 0.941. The maximum Gasteiger partial charge on any atom is 0.241 e. The number of benzene rings is 1. The van der Waals surface area contributed by atoms with Gasteiger partial charge in [0.05, 0.1) is 20.6 Å². The van der Waals surface area contributed by atoms with Gasteiger partial charge in [-0.05, 0) is 82.6 Å². The fourth-order valence-corrected chi connectivity index (χ4v) is 7.74. The second-order valence-corrected chi connectivity index (χ2v) is 16.2. The molecule has 1 unspecified atom stereocenters. The Bertz CT molecular complexity index is 1500. The highest BCUT2D eigenvalue weighted by atomic mass is 32.2. The number of rotatable bonds is 7. The van der Waals surface area contributed by atoms with Crippen LogP contribution in [-0.4, -0.2) is 53.1 Å². The molecule has 0 radical (unpaired) electrons. The van der Waals surface area contributed by atoms with Crippen molar-refractivity contribution >= 4 is 48.1 Å². The van der Waals surface area contributed by atoms with Crippen LogP contribution in [0.15, 0.2) is 29.2 Å². The van der Waals surface area contributed by atoms with Crippen molar-refractivity contribution in [3.63, 3.8) is 0 Å². The quantitative estimate of drug-likeness (QED) is 0.501. The van der Waals surface area contributed by atoms with Crippen molar-refractivity contribution in [2.45, 2.75) is 67.6 Å². The number of aromatic nitrogens is 1. The highest BCUT2D eigenvalue weighted by molar-refractivity contribution is 7.93. The molecule has 3 aliphatic carbocycles. The van der Waals surface area contributed by atoms with Crippen LogP contribution in [0, 0.1) is 16.1 Å². The zero-order chi connectivity index (χ0) is 25.7. The molecule has 36 heavy (non-hydrogen) atoms. The summed E-state index contributed by atoms with van der Waals surface area (Å²) in [5, 5.41) is 3.73. The van der Waals surface area contributed by atoms with E-state index in [0.717, 1.165) is 36.8 Å². The number of nitrogens with one attached hydrogen (secondary N) is 3. The normalized spacial score (nSPS) is 29.2. The number of piperidine rings is 1. The molecule has 1 aromatic carbocycles. The van der Waals surface area contributed by atoms with Crippen molar-refractivity contribution < 1.29 is 17.4 Å². The Morgan fingerprint density at radius 2 is 1.72 bits per heavy atom. The average molecular weight is 532 g/mol. The van der Waals surface area contributed by atoms with Crippen LogP contribution in [0.25, 0.3) is 10.9 Å². The first-order valence-corrected chi connectivity index (χ1v) is 16.0. The van der Waals surface area contributed by atoms with Gasteiger partial charge >= 0.3 is 0 Å². The smallest absolute Gasteiger partial charge is 0.241 e. The number of hydrogen-bond donors (Lipinski definition) is 3. The fraction of sp³-hybridized carbons (Fsp3) is 0.600. The summed E-state index contributed by atoms with van der Waals surface area (Å²) in [5.41, 5.74) is 0.647. The Kier molecular flexibility index (Phi) is 4.97. The zero-order valence-corrected chi connectivity index (χ0v) is 22.5. The lowest BCUT2D eigenvalue weighted by Crippen LogP contribution is -2.46. The topological polar surface area (TPSA) is 132 Å². The van der Waals surface area contributed by atoms with Crippen LogP contribution in [0.1, 0.15) is 52.4 Å². The van der Waals surface area contributed by atoms with Gasteiger partial charge in [-0.2, -0.15) is 0 Å². The highest BCUT2D eigenvalue weighted by Crippen LogP contribution is 2.75. The molecule has 0 spiro atoms. The first-order valence-electron chi connectivity index (χ1n) is 12.5. The van der Waals surface area contributed by atoms with Gasteiger partial charge in [-0.1, -0.05) is 0 Å². The Hall–Kier alpha value is -2.24. The molecule has 3 N–H and O–H groups in total. The van der Waals surface area contributed by atoms with Crippen molar-refractivity contribution in [3.05, 3.63) is 24.3 Å². The second-order valence-electron chi connectivity index (χ2n) is 11.9. The Morgan fingerprint density at radius 1 is 1.08 bits per heavy atom. The molecule has 2 heterocycles. The lowest BCUT2D eigenvalue weighted by Gasteiger charge is -2.40. The van der Waals surface area contributed by atoms with E-state index in [0.29, 0.717) is 43.2 Å². The van der Waals surface area contributed by atoms with Crippen LogP contribution in [0.5, 0.6) is 0 Å². The number of hydrogen-bond acceptors (Lipinski definition) is 7. The third-order valence-corrected chi connectivity index (χ3v) is 12.8. The summed E-state index contributed by atoms with van der Waals surface area (Å²) in [4.78, 5) is 19.5. The van der Waals surface area contributed by atoms with E-state index in [9.17, 15) is 17.4 Å². The van der Waals surface area contributed by atoms with Gasteiger partial charge in [0.25, 0.3) is 0 Å². The molecule has 2 aromatic rings. The number of nitrogens with zero attached hydrogens (tertiary/aromatic N) is 2. The lowest BCUT2D eigenvalue weighted by atomic mass is 9.97. The van der Waals surface area contributed by atoms with Crippen LogP contribution in [0.4, 0.5) is 11.5 Å². The first-order chi connectivity index (χ1) is 16.7. The average Bonchev–Trinajstić information content (AvgIpc) is 3.70. The van der Waals surface area contributed by atoms with E-state index in [1.165, 1.54) is 6.26 Å². The van der Waals surface area contributed by atoms with Crippen LogP contribution < -0.4 is 14.9 Å². The van der Waals surface area contributed by atoms with Gasteiger partial charge in [0.15, 0.2) is 0 Å².